The zero-order valence-corrected chi connectivity index (χ0v) is 10.8. The van der Waals surface area contributed by atoms with E-state index in [0.29, 0.717) is 0 Å². The van der Waals surface area contributed by atoms with Crippen LogP contribution in [0.1, 0.15) is 34.1 Å². The Morgan fingerprint density at radius 1 is 1.25 bits per heavy atom. The average molecular weight is 221 g/mol. The molecule has 0 bridgehead atoms. The summed E-state index contributed by atoms with van der Waals surface area (Å²) in [6.07, 6.45) is 1.25. The molecule has 2 heteroatoms. The number of anilines is 1. The van der Waals surface area contributed by atoms with Gasteiger partial charge in [0.1, 0.15) is 0 Å². The number of nitrogens with one attached hydrogen (secondary N) is 1. The van der Waals surface area contributed by atoms with Gasteiger partial charge < -0.3 is 10.1 Å². The lowest BCUT2D eigenvalue weighted by atomic mass is 10.1. The minimum atomic E-state index is -0.0300. The first kappa shape index (κ1) is 13.0. The van der Waals surface area contributed by atoms with Gasteiger partial charge in [-0.25, -0.2) is 0 Å². The van der Waals surface area contributed by atoms with Crippen LogP contribution in [-0.4, -0.2) is 18.2 Å². The first-order valence-electron chi connectivity index (χ1n) is 6.00. The molecule has 0 saturated heterocycles. The molecule has 1 rings (SSSR count). The Morgan fingerprint density at radius 2 is 1.88 bits per heavy atom. The molecule has 0 heterocycles. The molecule has 0 aliphatic carbocycles. The first-order valence-corrected chi connectivity index (χ1v) is 6.00. The van der Waals surface area contributed by atoms with E-state index in [-0.39, 0.29) is 11.7 Å². The van der Waals surface area contributed by atoms with Gasteiger partial charge in [0, 0.05) is 12.2 Å². The Morgan fingerprint density at radius 3 is 2.44 bits per heavy atom. The van der Waals surface area contributed by atoms with Crippen LogP contribution in [-0.2, 0) is 4.74 Å². The molecule has 0 spiro atoms. The number of hydrogen-bond donors (Lipinski definition) is 1. The minimum Gasteiger partial charge on any atom is -0.382 e. The summed E-state index contributed by atoms with van der Waals surface area (Å²) in [7, 11) is 0. The summed E-state index contributed by atoms with van der Waals surface area (Å²) in [5, 5.41) is 3.37. The maximum absolute atomic E-state index is 5.95. The Kier molecular flexibility index (Phi) is 4.81. The fourth-order valence-electron chi connectivity index (χ4n) is 1.49. The number of benzene rings is 1. The second-order valence-electron chi connectivity index (χ2n) is 4.79. The van der Waals surface area contributed by atoms with Crippen molar-refractivity contribution in [1.29, 1.82) is 0 Å². The fraction of sp³-hybridized carbons (Fsp3) is 0.571. The van der Waals surface area contributed by atoms with Crippen molar-refractivity contribution >= 4 is 5.69 Å². The zero-order chi connectivity index (χ0) is 12.0. The van der Waals surface area contributed by atoms with E-state index in [0.717, 1.165) is 18.7 Å². The van der Waals surface area contributed by atoms with Gasteiger partial charge in [-0.1, -0.05) is 25.1 Å². The predicted molar refractivity (Wildman–Crippen MR) is 69.8 cm³/mol. The highest BCUT2D eigenvalue weighted by Gasteiger charge is 2.18. The summed E-state index contributed by atoms with van der Waals surface area (Å²) < 4.78 is 5.95. The Labute approximate surface area is 99.0 Å². The lowest BCUT2D eigenvalue weighted by molar-refractivity contribution is -0.0595. The number of hydrogen-bond acceptors (Lipinski definition) is 2. The van der Waals surface area contributed by atoms with Gasteiger partial charge in [-0.05, 0) is 39.3 Å². The van der Waals surface area contributed by atoms with E-state index < -0.39 is 0 Å². The van der Waals surface area contributed by atoms with Crippen molar-refractivity contribution < 1.29 is 4.74 Å². The number of rotatable bonds is 6. The summed E-state index contributed by atoms with van der Waals surface area (Å²) in [6, 6.07) is 10.2. The number of ether oxygens (including phenoxy) is 1. The molecular weight excluding hydrogens is 198 g/mol. The van der Waals surface area contributed by atoms with Gasteiger partial charge in [0.15, 0.2) is 0 Å². The molecular formula is C14H23NO. The molecule has 0 amide bonds. The zero-order valence-electron chi connectivity index (χ0n) is 10.8. The van der Waals surface area contributed by atoms with Crippen LogP contribution in [0.25, 0.3) is 0 Å². The monoisotopic (exact) mass is 221 g/mol. The highest BCUT2D eigenvalue weighted by atomic mass is 16.5. The van der Waals surface area contributed by atoms with Crippen molar-refractivity contribution in [1.82, 2.24) is 0 Å². The molecule has 1 N–H and O–H groups in total. The number of para-hydroxylation sites is 1. The molecule has 1 atom stereocenters. The summed E-state index contributed by atoms with van der Waals surface area (Å²) in [5.74, 6) is 0. The summed E-state index contributed by atoms with van der Waals surface area (Å²) in [4.78, 5) is 0. The van der Waals surface area contributed by atoms with Gasteiger partial charge in [0.05, 0.1) is 11.7 Å². The van der Waals surface area contributed by atoms with Crippen LogP contribution in [0.15, 0.2) is 30.3 Å². The summed E-state index contributed by atoms with van der Waals surface area (Å²) in [5.41, 5.74) is 1.12. The van der Waals surface area contributed by atoms with Crippen molar-refractivity contribution in [2.24, 2.45) is 0 Å². The van der Waals surface area contributed by atoms with Gasteiger partial charge in [0.25, 0.3) is 0 Å². The second-order valence-corrected chi connectivity index (χ2v) is 4.79. The van der Waals surface area contributed by atoms with Crippen LogP contribution in [0.5, 0.6) is 0 Å². The standard InChI is InChI=1S/C14H23NO/c1-5-14(3,4)16-12(2)11-15-13-9-7-6-8-10-13/h6-10,12,15H,5,11H2,1-4H3. The van der Waals surface area contributed by atoms with E-state index in [1.807, 2.05) is 18.2 Å². The molecule has 0 fully saturated rings. The van der Waals surface area contributed by atoms with Crippen molar-refractivity contribution in [3.63, 3.8) is 0 Å². The van der Waals surface area contributed by atoms with Crippen molar-refractivity contribution in [3.8, 4) is 0 Å². The topological polar surface area (TPSA) is 21.3 Å². The Hall–Kier alpha value is -1.02. The van der Waals surface area contributed by atoms with E-state index in [4.69, 9.17) is 4.74 Å². The molecule has 2 nitrogen and oxygen atoms in total. The lowest BCUT2D eigenvalue weighted by Crippen LogP contribution is -2.32. The largest absolute Gasteiger partial charge is 0.382 e. The average Bonchev–Trinajstić information content (AvgIpc) is 2.27. The molecule has 0 aliphatic heterocycles. The van der Waals surface area contributed by atoms with Gasteiger partial charge in [-0.3, -0.25) is 0 Å². The molecule has 0 saturated carbocycles. The van der Waals surface area contributed by atoms with Crippen LogP contribution >= 0.6 is 0 Å². The van der Waals surface area contributed by atoms with Crippen LogP contribution in [0.2, 0.25) is 0 Å². The van der Waals surface area contributed by atoms with Crippen molar-refractivity contribution in [3.05, 3.63) is 30.3 Å². The van der Waals surface area contributed by atoms with Gasteiger partial charge in [-0.2, -0.15) is 0 Å². The van der Waals surface area contributed by atoms with Crippen LogP contribution in [0.4, 0.5) is 5.69 Å². The molecule has 0 aliphatic rings. The van der Waals surface area contributed by atoms with Crippen LogP contribution < -0.4 is 5.32 Å². The third-order valence-electron chi connectivity index (χ3n) is 2.74. The third kappa shape index (κ3) is 4.67. The molecule has 16 heavy (non-hydrogen) atoms. The maximum atomic E-state index is 5.95. The minimum absolute atomic E-state index is 0.0300. The summed E-state index contributed by atoms with van der Waals surface area (Å²) in [6.45, 7) is 9.36. The van der Waals surface area contributed by atoms with E-state index >= 15 is 0 Å². The lowest BCUT2D eigenvalue weighted by Gasteiger charge is -2.28. The Bertz CT molecular complexity index is 295. The quantitative estimate of drug-likeness (QED) is 0.791. The maximum Gasteiger partial charge on any atom is 0.0726 e. The first-order chi connectivity index (χ1) is 7.53. The highest BCUT2D eigenvalue weighted by Crippen LogP contribution is 2.16. The molecule has 1 aromatic rings. The van der Waals surface area contributed by atoms with Crippen LogP contribution in [0, 0.1) is 0 Å². The van der Waals surface area contributed by atoms with Gasteiger partial charge in [-0.15, -0.1) is 0 Å². The Balaban J connectivity index is 2.33. The van der Waals surface area contributed by atoms with E-state index in [1.54, 1.807) is 0 Å². The van der Waals surface area contributed by atoms with E-state index in [1.165, 1.54) is 0 Å². The molecule has 90 valence electrons. The fourth-order valence-corrected chi connectivity index (χ4v) is 1.49. The third-order valence-corrected chi connectivity index (χ3v) is 2.74. The molecule has 0 radical (unpaired) electrons. The summed E-state index contributed by atoms with van der Waals surface area (Å²) >= 11 is 0. The van der Waals surface area contributed by atoms with Gasteiger partial charge >= 0.3 is 0 Å². The highest BCUT2D eigenvalue weighted by molar-refractivity contribution is 5.42. The smallest absolute Gasteiger partial charge is 0.0726 e. The molecule has 1 aromatic carbocycles. The van der Waals surface area contributed by atoms with Crippen molar-refractivity contribution in [2.75, 3.05) is 11.9 Å². The van der Waals surface area contributed by atoms with Crippen LogP contribution in [0.3, 0.4) is 0 Å². The van der Waals surface area contributed by atoms with E-state index in [9.17, 15) is 0 Å². The predicted octanol–water partition coefficient (Wildman–Crippen LogP) is 3.69. The molecule has 1 unspecified atom stereocenters. The SMILES string of the molecule is CCC(C)(C)OC(C)CNc1ccccc1. The van der Waals surface area contributed by atoms with E-state index in [2.05, 4.69) is 45.1 Å². The second kappa shape index (κ2) is 5.90. The van der Waals surface area contributed by atoms with Gasteiger partial charge in [0.2, 0.25) is 0 Å². The normalized spacial score (nSPS) is 13.5. The van der Waals surface area contributed by atoms with Crippen molar-refractivity contribution in [2.45, 2.75) is 45.8 Å². The molecule has 0 aromatic heterocycles.